The number of carboxylic acid groups (broad SMARTS) is 1. The van der Waals surface area contributed by atoms with E-state index in [4.69, 9.17) is 10.2 Å². The van der Waals surface area contributed by atoms with Gasteiger partial charge in [0.15, 0.2) is 0 Å². The fourth-order valence-electron chi connectivity index (χ4n) is 1.83. The van der Waals surface area contributed by atoms with Crippen LogP contribution in [0, 0.1) is 0 Å². The number of aliphatic hydroxyl groups excluding tert-OH is 1. The van der Waals surface area contributed by atoms with Crippen molar-refractivity contribution in [2.75, 3.05) is 19.7 Å². The third kappa shape index (κ3) is 4.85. The van der Waals surface area contributed by atoms with E-state index < -0.39 is 5.97 Å². The molecule has 0 bridgehead atoms. The molecule has 0 heterocycles. The predicted molar refractivity (Wildman–Crippen MR) is 76.4 cm³/mol. The van der Waals surface area contributed by atoms with E-state index in [-0.39, 0.29) is 12.5 Å². The third-order valence-electron chi connectivity index (χ3n) is 2.70. The lowest BCUT2D eigenvalue weighted by Gasteiger charge is -2.21. The Morgan fingerprint density at radius 1 is 1.30 bits per heavy atom. The maximum Gasteiger partial charge on any atom is 0.328 e. The highest BCUT2D eigenvalue weighted by atomic mass is 16.4. The summed E-state index contributed by atoms with van der Waals surface area (Å²) in [6.07, 6.45) is 3.28. The van der Waals surface area contributed by atoms with Gasteiger partial charge in [-0.05, 0) is 30.2 Å². The minimum absolute atomic E-state index is 0.0790. The van der Waals surface area contributed by atoms with E-state index in [2.05, 4.69) is 0 Å². The maximum atomic E-state index is 12.3. The summed E-state index contributed by atoms with van der Waals surface area (Å²) >= 11 is 0. The topological polar surface area (TPSA) is 77.8 Å². The minimum atomic E-state index is -1.03. The molecular formula is C15H19NO4. The number of carbonyl (C=O) groups excluding carboxylic acids is 1. The fourth-order valence-corrected chi connectivity index (χ4v) is 1.83. The Morgan fingerprint density at radius 2 is 2.05 bits per heavy atom. The number of carbonyl (C=O) groups is 2. The van der Waals surface area contributed by atoms with Crippen molar-refractivity contribution in [2.24, 2.45) is 0 Å². The highest BCUT2D eigenvalue weighted by Crippen LogP contribution is 2.10. The molecule has 0 aromatic heterocycles. The molecule has 0 aliphatic carbocycles. The second-order valence-corrected chi connectivity index (χ2v) is 4.31. The first-order valence-electron chi connectivity index (χ1n) is 6.49. The summed E-state index contributed by atoms with van der Waals surface area (Å²) in [5, 5.41) is 17.6. The van der Waals surface area contributed by atoms with Gasteiger partial charge in [-0.15, -0.1) is 0 Å². The van der Waals surface area contributed by atoms with Crippen LogP contribution in [0.4, 0.5) is 0 Å². The van der Waals surface area contributed by atoms with Crippen LogP contribution in [-0.4, -0.2) is 46.7 Å². The number of aliphatic hydroxyl groups is 1. The van der Waals surface area contributed by atoms with Crippen molar-refractivity contribution in [2.45, 2.75) is 13.3 Å². The van der Waals surface area contributed by atoms with E-state index in [1.54, 1.807) is 29.2 Å². The lowest BCUT2D eigenvalue weighted by atomic mass is 10.1. The van der Waals surface area contributed by atoms with Crippen LogP contribution in [0.3, 0.4) is 0 Å². The van der Waals surface area contributed by atoms with E-state index >= 15 is 0 Å². The molecular weight excluding hydrogens is 258 g/mol. The van der Waals surface area contributed by atoms with Crippen molar-refractivity contribution in [3.05, 3.63) is 41.5 Å². The van der Waals surface area contributed by atoms with Crippen molar-refractivity contribution in [3.8, 4) is 0 Å². The Kier molecular flexibility index (Phi) is 6.46. The standard InChI is InChI=1S/C15H19NO4/c1-2-8-16(9-10-17)15(20)13-5-3-4-12(11-13)6-7-14(18)19/h3-7,11,17H,2,8-10H2,1H3,(H,18,19). The molecule has 108 valence electrons. The molecule has 1 aromatic carbocycles. The fraction of sp³-hybridized carbons (Fsp3) is 0.333. The number of aliphatic carboxylic acids is 1. The zero-order valence-corrected chi connectivity index (χ0v) is 11.5. The van der Waals surface area contributed by atoms with E-state index in [0.717, 1.165) is 12.5 Å². The number of benzene rings is 1. The lowest BCUT2D eigenvalue weighted by Crippen LogP contribution is -2.34. The molecule has 1 amide bonds. The molecule has 0 aliphatic rings. The molecule has 0 fully saturated rings. The Balaban J connectivity index is 2.91. The molecule has 0 saturated heterocycles. The SMILES string of the molecule is CCCN(CCO)C(=O)c1cccc(C=CC(=O)O)c1. The van der Waals surface area contributed by atoms with Crippen molar-refractivity contribution in [1.29, 1.82) is 0 Å². The Labute approximate surface area is 118 Å². The van der Waals surface area contributed by atoms with Crippen LogP contribution >= 0.6 is 0 Å². The van der Waals surface area contributed by atoms with Crippen LogP contribution in [0.5, 0.6) is 0 Å². The summed E-state index contributed by atoms with van der Waals surface area (Å²) in [5.41, 5.74) is 1.14. The normalized spacial score (nSPS) is 10.7. The van der Waals surface area contributed by atoms with Gasteiger partial charge in [-0.2, -0.15) is 0 Å². The van der Waals surface area contributed by atoms with Crippen molar-refractivity contribution >= 4 is 18.0 Å². The van der Waals surface area contributed by atoms with Gasteiger partial charge in [0.05, 0.1) is 6.61 Å². The number of hydrogen-bond donors (Lipinski definition) is 2. The largest absolute Gasteiger partial charge is 0.478 e. The van der Waals surface area contributed by atoms with Crippen molar-refractivity contribution in [3.63, 3.8) is 0 Å². The Bertz CT molecular complexity index is 490. The first-order chi connectivity index (χ1) is 9.58. The lowest BCUT2D eigenvalue weighted by molar-refractivity contribution is -0.131. The van der Waals surface area contributed by atoms with Gasteiger partial charge in [0.2, 0.25) is 0 Å². The Morgan fingerprint density at radius 3 is 2.65 bits per heavy atom. The molecule has 0 atom stereocenters. The molecule has 0 aliphatic heterocycles. The molecule has 20 heavy (non-hydrogen) atoms. The van der Waals surface area contributed by atoms with Crippen LogP contribution < -0.4 is 0 Å². The van der Waals surface area contributed by atoms with Crippen LogP contribution in [0.2, 0.25) is 0 Å². The highest BCUT2D eigenvalue weighted by molar-refractivity contribution is 5.95. The van der Waals surface area contributed by atoms with Gasteiger partial charge in [0.1, 0.15) is 0 Å². The zero-order chi connectivity index (χ0) is 15.0. The van der Waals surface area contributed by atoms with Crippen LogP contribution in [-0.2, 0) is 4.79 Å². The number of carboxylic acids is 1. The maximum absolute atomic E-state index is 12.3. The van der Waals surface area contributed by atoms with Gasteiger partial charge in [-0.25, -0.2) is 4.79 Å². The van der Waals surface area contributed by atoms with Gasteiger partial charge in [0, 0.05) is 24.7 Å². The van der Waals surface area contributed by atoms with Gasteiger partial charge in [0.25, 0.3) is 5.91 Å². The quantitative estimate of drug-likeness (QED) is 0.743. The van der Waals surface area contributed by atoms with Crippen LogP contribution in [0.25, 0.3) is 6.08 Å². The predicted octanol–water partition coefficient (Wildman–Crippen LogP) is 1.63. The van der Waals surface area contributed by atoms with Gasteiger partial charge in [-0.1, -0.05) is 19.1 Å². The molecule has 0 spiro atoms. The molecule has 2 N–H and O–H groups in total. The summed E-state index contributed by atoms with van der Waals surface area (Å²) in [6, 6.07) is 6.76. The molecule has 5 nitrogen and oxygen atoms in total. The monoisotopic (exact) mass is 277 g/mol. The third-order valence-corrected chi connectivity index (χ3v) is 2.70. The number of amides is 1. The first-order valence-corrected chi connectivity index (χ1v) is 6.49. The van der Waals surface area contributed by atoms with Crippen LogP contribution in [0.1, 0.15) is 29.3 Å². The average Bonchev–Trinajstić information content (AvgIpc) is 2.44. The van der Waals surface area contributed by atoms with E-state index in [1.165, 1.54) is 6.08 Å². The highest BCUT2D eigenvalue weighted by Gasteiger charge is 2.14. The summed E-state index contributed by atoms with van der Waals surface area (Å²) in [7, 11) is 0. The minimum Gasteiger partial charge on any atom is -0.478 e. The number of rotatable bonds is 7. The molecule has 5 heteroatoms. The van der Waals surface area contributed by atoms with Crippen LogP contribution in [0.15, 0.2) is 30.3 Å². The molecule has 0 unspecified atom stereocenters. The molecule has 0 radical (unpaired) electrons. The number of hydrogen-bond acceptors (Lipinski definition) is 3. The van der Waals surface area contributed by atoms with E-state index in [0.29, 0.717) is 24.2 Å². The van der Waals surface area contributed by atoms with Gasteiger partial charge < -0.3 is 15.1 Å². The van der Waals surface area contributed by atoms with Crippen molar-refractivity contribution < 1.29 is 19.8 Å². The molecule has 1 aromatic rings. The zero-order valence-electron chi connectivity index (χ0n) is 11.5. The average molecular weight is 277 g/mol. The molecule has 1 rings (SSSR count). The second-order valence-electron chi connectivity index (χ2n) is 4.31. The van der Waals surface area contributed by atoms with Gasteiger partial charge in [-0.3, -0.25) is 4.79 Å². The number of nitrogens with zero attached hydrogens (tertiary/aromatic N) is 1. The second kappa shape index (κ2) is 8.12. The van der Waals surface area contributed by atoms with Gasteiger partial charge >= 0.3 is 5.97 Å². The Hall–Kier alpha value is -2.14. The summed E-state index contributed by atoms with van der Waals surface area (Å²) in [6.45, 7) is 2.75. The van der Waals surface area contributed by atoms with Crippen molar-refractivity contribution in [1.82, 2.24) is 4.90 Å². The smallest absolute Gasteiger partial charge is 0.328 e. The summed E-state index contributed by atoms with van der Waals surface area (Å²) in [4.78, 5) is 24.4. The summed E-state index contributed by atoms with van der Waals surface area (Å²) < 4.78 is 0. The van der Waals surface area contributed by atoms with E-state index in [9.17, 15) is 9.59 Å². The summed E-state index contributed by atoms with van der Waals surface area (Å²) in [5.74, 6) is -1.19. The molecule has 0 saturated carbocycles. The van der Waals surface area contributed by atoms with E-state index in [1.807, 2.05) is 6.92 Å². The first kappa shape index (κ1) is 15.9.